The van der Waals surface area contributed by atoms with Gasteiger partial charge in [-0.15, -0.1) is 0 Å². The zero-order valence-electron chi connectivity index (χ0n) is 7.86. The molecule has 0 aliphatic carbocycles. The molecule has 0 fully saturated rings. The first kappa shape index (κ1) is 10.2. The van der Waals surface area contributed by atoms with Gasteiger partial charge >= 0.3 is 7.12 Å². The summed E-state index contributed by atoms with van der Waals surface area (Å²) in [6.07, 6.45) is 0. The van der Waals surface area contributed by atoms with Crippen molar-refractivity contribution in [2.75, 3.05) is 7.05 Å². The lowest BCUT2D eigenvalue weighted by Crippen LogP contribution is -2.29. The molecule has 3 N–H and O–H groups in total. The standard InChI is InChI=1S/C9H14BNO2/c1-7(11-2)8-3-5-9(6-4-8)10(12)13/h3-7,11-13H,1-2H3. The van der Waals surface area contributed by atoms with Crippen LogP contribution >= 0.6 is 0 Å². The first-order valence-electron chi connectivity index (χ1n) is 4.28. The second-order valence-electron chi connectivity index (χ2n) is 3.05. The van der Waals surface area contributed by atoms with E-state index in [2.05, 4.69) is 5.32 Å². The Morgan fingerprint density at radius 1 is 1.23 bits per heavy atom. The zero-order chi connectivity index (χ0) is 9.84. The van der Waals surface area contributed by atoms with Gasteiger partial charge in [-0.25, -0.2) is 0 Å². The fourth-order valence-corrected chi connectivity index (χ4v) is 1.12. The fraction of sp³-hybridized carbons (Fsp3) is 0.333. The van der Waals surface area contributed by atoms with Crippen molar-refractivity contribution in [2.24, 2.45) is 0 Å². The third-order valence-corrected chi connectivity index (χ3v) is 2.17. The van der Waals surface area contributed by atoms with Crippen LogP contribution in [0.4, 0.5) is 0 Å². The molecule has 13 heavy (non-hydrogen) atoms. The minimum Gasteiger partial charge on any atom is -0.423 e. The maximum atomic E-state index is 8.85. The minimum atomic E-state index is -1.38. The van der Waals surface area contributed by atoms with Gasteiger partial charge in [0.2, 0.25) is 0 Å². The Hall–Kier alpha value is -0.835. The second-order valence-corrected chi connectivity index (χ2v) is 3.05. The Labute approximate surface area is 78.6 Å². The lowest BCUT2D eigenvalue weighted by atomic mass is 9.80. The van der Waals surface area contributed by atoms with Crippen LogP contribution in [0.3, 0.4) is 0 Å². The lowest BCUT2D eigenvalue weighted by molar-refractivity contribution is 0.426. The first-order chi connectivity index (χ1) is 6.15. The molecule has 0 saturated carbocycles. The van der Waals surface area contributed by atoms with Gasteiger partial charge in [-0.3, -0.25) is 0 Å². The van der Waals surface area contributed by atoms with Crippen molar-refractivity contribution in [3.8, 4) is 0 Å². The van der Waals surface area contributed by atoms with E-state index in [1.165, 1.54) is 0 Å². The Morgan fingerprint density at radius 3 is 2.15 bits per heavy atom. The van der Waals surface area contributed by atoms with Crippen LogP contribution in [0.25, 0.3) is 0 Å². The molecule has 0 amide bonds. The normalized spacial score (nSPS) is 12.6. The van der Waals surface area contributed by atoms with Gasteiger partial charge in [0.1, 0.15) is 0 Å². The van der Waals surface area contributed by atoms with Crippen molar-refractivity contribution in [2.45, 2.75) is 13.0 Å². The molecule has 1 atom stereocenters. The van der Waals surface area contributed by atoms with Gasteiger partial charge in [-0.05, 0) is 25.0 Å². The van der Waals surface area contributed by atoms with Gasteiger partial charge in [-0.2, -0.15) is 0 Å². The average Bonchev–Trinajstić information content (AvgIpc) is 2.17. The van der Waals surface area contributed by atoms with Crippen LogP contribution in [-0.2, 0) is 0 Å². The summed E-state index contributed by atoms with van der Waals surface area (Å²) in [4.78, 5) is 0. The van der Waals surface area contributed by atoms with E-state index in [0.29, 0.717) is 5.46 Å². The molecule has 0 spiro atoms. The van der Waals surface area contributed by atoms with Crippen molar-refractivity contribution in [3.05, 3.63) is 29.8 Å². The highest BCUT2D eigenvalue weighted by Crippen LogP contribution is 2.08. The lowest BCUT2D eigenvalue weighted by Gasteiger charge is -2.10. The molecule has 1 rings (SSSR count). The second kappa shape index (κ2) is 4.41. The van der Waals surface area contributed by atoms with Gasteiger partial charge in [0.05, 0.1) is 0 Å². The van der Waals surface area contributed by atoms with Gasteiger partial charge in [-0.1, -0.05) is 24.3 Å². The third kappa shape index (κ3) is 2.55. The summed E-state index contributed by atoms with van der Waals surface area (Å²) in [6.45, 7) is 2.05. The Balaban J connectivity index is 2.81. The average molecular weight is 179 g/mol. The Morgan fingerprint density at radius 2 is 1.77 bits per heavy atom. The number of nitrogens with one attached hydrogen (secondary N) is 1. The van der Waals surface area contributed by atoms with E-state index in [0.717, 1.165) is 5.56 Å². The Kier molecular flexibility index (Phi) is 3.48. The van der Waals surface area contributed by atoms with Crippen molar-refractivity contribution in [3.63, 3.8) is 0 Å². The first-order valence-corrected chi connectivity index (χ1v) is 4.28. The van der Waals surface area contributed by atoms with Crippen LogP contribution < -0.4 is 10.8 Å². The molecule has 70 valence electrons. The molecular weight excluding hydrogens is 165 g/mol. The molecule has 0 aliphatic heterocycles. The summed E-state index contributed by atoms with van der Waals surface area (Å²) >= 11 is 0. The topological polar surface area (TPSA) is 52.5 Å². The van der Waals surface area contributed by atoms with E-state index in [1.54, 1.807) is 12.1 Å². The highest BCUT2D eigenvalue weighted by molar-refractivity contribution is 6.58. The Bertz CT molecular complexity index is 261. The quantitative estimate of drug-likeness (QED) is 0.555. The smallest absolute Gasteiger partial charge is 0.423 e. The van der Waals surface area contributed by atoms with Crippen LogP contribution in [0.2, 0.25) is 0 Å². The van der Waals surface area contributed by atoms with Crippen LogP contribution in [0.1, 0.15) is 18.5 Å². The van der Waals surface area contributed by atoms with E-state index in [9.17, 15) is 0 Å². The molecule has 1 aromatic carbocycles. The highest BCUT2D eigenvalue weighted by Gasteiger charge is 2.10. The summed E-state index contributed by atoms with van der Waals surface area (Å²) in [7, 11) is 0.512. The van der Waals surface area contributed by atoms with E-state index < -0.39 is 7.12 Å². The number of hydrogen-bond donors (Lipinski definition) is 3. The zero-order valence-corrected chi connectivity index (χ0v) is 7.86. The molecule has 1 aromatic rings. The van der Waals surface area contributed by atoms with E-state index in [1.807, 2.05) is 26.1 Å². The largest absolute Gasteiger partial charge is 0.488 e. The molecule has 0 bridgehead atoms. The maximum absolute atomic E-state index is 8.85. The van der Waals surface area contributed by atoms with Gasteiger partial charge in [0.25, 0.3) is 0 Å². The minimum absolute atomic E-state index is 0.282. The molecule has 0 heterocycles. The van der Waals surface area contributed by atoms with Crippen LogP contribution in [0.15, 0.2) is 24.3 Å². The maximum Gasteiger partial charge on any atom is 0.488 e. The van der Waals surface area contributed by atoms with Crippen LogP contribution in [-0.4, -0.2) is 24.2 Å². The summed E-state index contributed by atoms with van der Waals surface area (Å²) < 4.78 is 0. The highest BCUT2D eigenvalue weighted by atomic mass is 16.4. The molecule has 0 saturated heterocycles. The van der Waals surface area contributed by atoms with Crippen LogP contribution in [0.5, 0.6) is 0 Å². The third-order valence-electron chi connectivity index (χ3n) is 2.17. The number of rotatable bonds is 3. The van der Waals surface area contributed by atoms with Crippen molar-refractivity contribution in [1.29, 1.82) is 0 Å². The predicted molar refractivity (Wildman–Crippen MR) is 53.7 cm³/mol. The summed E-state index contributed by atoms with van der Waals surface area (Å²) in [5.41, 5.74) is 1.65. The van der Waals surface area contributed by atoms with Crippen molar-refractivity contribution < 1.29 is 10.0 Å². The molecule has 0 radical (unpaired) electrons. The number of hydrogen-bond acceptors (Lipinski definition) is 3. The number of benzene rings is 1. The predicted octanol–water partition coefficient (Wildman–Crippen LogP) is -0.353. The van der Waals surface area contributed by atoms with E-state index in [-0.39, 0.29) is 6.04 Å². The van der Waals surface area contributed by atoms with E-state index in [4.69, 9.17) is 10.0 Å². The summed E-state index contributed by atoms with van der Waals surface area (Å²) in [6, 6.07) is 7.48. The molecule has 0 aromatic heterocycles. The van der Waals surface area contributed by atoms with Gasteiger partial charge in [0.15, 0.2) is 0 Å². The molecule has 0 aliphatic rings. The van der Waals surface area contributed by atoms with E-state index >= 15 is 0 Å². The summed E-state index contributed by atoms with van der Waals surface area (Å²) in [5, 5.41) is 20.8. The molecular formula is C9H14BNO2. The molecule has 1 unspecified atom stereocenters. The van der Waals surface area contributed by atoms with Gasteiger partial charge in [0, 0.05) is 6.04 Å². The monoisotopic (exact) mass is 179 g/mol. The van der Waals surface area contributed by atoms with Gasteiger partial charge < -0.3 is 15.4 Å². The SMILES string of the molecule is CNC(C)c1ccc(B(O)O)cc1. The van der Waals surface area contributed by atoms with Crippen molar-refractivity contribution in [1.82, 2.24) is 5.32 Å². The fourth-order valence-electron chi connectivity index (χ4n) is 1.12. The van der Waals surface area contributed by atoms with Crippen molar-refractivity contribution >= 4 is 12.6 Å². The molecule has 4 heteroatoms. The molecule has 3 nitrogen and oxygen atoms in total. The summed E-state index contributed by atoms with van der Waals surface area (Å²) in [5.74, 6) is 0. The van der Waals surface area contributed by atoms with Crippen LogP contribution in [0, 0.1) is 0 Å².